The summed E-state index contributed by atoms with van der Waals surface area (Å²) in [5, 5.41) is 11.6. The summed E-state index contributed by atoms with van der Waals surface area (Å²) in [6, 6.07) is 10.1. The van der Waals surface area contributed by atoms with Crippen LogP contribution in [0.5, 0.6) is 11.5 Å². The molecule has 5 nitrogen and oxygen atoms in total. The molecule has 0 bridgehead atoms. The van der Waals surface area contributed by atoms with Crippen molar-refractivity contribution in [3.8, 4) is 11.5 Å². The van der Waals surface area contributed by atoms with E-state index >= 15 is 0 Å². The lowest BCUT2D eigenvalue weighted by atomic mass is 9.92. The van der Waals surface area contributed by atoms with Crippen molar-refractivity contribution in [3.63, 3.8) is 0 Å². The zero-order valence-corrected chi connectivity index (χ0v) is 13.0. The first-order chi connectivity index (χ1) is 10.8. The highest BCUT2D eigenvalue weighted by Gasteiger charge is 2.23. The standard InChI is InChI=1S/C17H21N3O2/c1-3-18-16-8-7-14(19-20-16)10-12-9-13-5-4-6-15(21-2)17(13)22-11-12/h4-8,12H,3,9-11H2,1-2H3,(H,18,20)/t12-/m1/s1. The second-order valence-electron chi connectivity index (χ2n) is 5.47. The van der Waals surface area contributed by atoms with E-state index < -0.39 is 0 Å². The van der Waals surface area contributed by atoms with Crippen LogP contribution >= 0.6 is 0 Å². The molecule has 0 amide bonds. The minimum Gasteiger partial charge on any atom is -0.493 e. The van der Waals surface area contributed by atoms with E-state index in [0.717, 1.165) is 42.4 Å². The number of rotatable bonds is 5. The predicted octanol–water partition coefficient (Wildman–Crippen LogP) is 2.71. The number of fused-ring (bicyclic) bond motifs is 1. The number of aromatic nitrogens is 2. The van der Waals surface area contributed by atoms with E-state index in [1.165, 1.54) is 5.56 Å². The molecule has 3 rings (SSSR count). The number of hydrogen-bond donors (Lipinski definition) is 1. The van der Waals surface area contributed by atoms with Crippen LogP contribution in [-0.4, -0.2) is 30.5 Å². The Morgan fingerprint density at radius 1 is 1.27 bits per heavy atom. The zero-order valence-electron chi connectivity index (χ0n) is 13.0. The minimum atomic E-state index is 0.416. The largest absolute Gasteiger partial charge is 0.493 e. The minimum absolute atomic E-state index is 0.416. The molecule has 0 fully saturated rings. The molecule has 116 valence electrons. The Hall–Kier alpha value is -2.30. The third-order valence-corrected chi connectivity index (χ3v) is 3.83. The Morgan fingerprint density at radius 2 is 2.18 bits per heavy atom. The van der Waals surface area contributed by atoms with Crippen molar-refractivity contribution in [3.05, 3.63) is 41.6 Å². The smallest absolute Gasteiger partial charge is 0.164 e. The van der Waals surface area contributed by atoms with Crippen molar-refractivity contribution >= 4 is 5.82 Å². The molecule has 5 heteroatoms. The molecule has 0 radical (unpaired) electrons. The van der Waals surface area contributed by atoms with E-state index in [-0.39, 0.29) is 0 Å². The molecule has 1 aliphatic heterocycles. The number of nitrogens with one attached hydrogen (secondary N) is 1. The van der Waals surface area contributed by atoms with Crippen molar-refractivity contribution in [1.82, 2.24) is 10.2 Å². The van der Waals surface area contributed by atoms with Crippen LogP contribution < -0.4 is 14.8 Å². The number of ether oxygens (including phenoxy) is 2. The Labute approximate surface area is 130 Å². The number of para-hydroxylation sites is 1. The average molecular weight is 299 g/mol. The lowest BCUT2D eigenvalue weighted by Gasteiger charge is -2.26. The summed E-state index contributed by atoms with van der Waals surface area (Å²) in [5.74, 6) is 2.93. The Bertz CT molecular complexity index is 628. The van der Waals surface area contributed by atoms with Gasteiger partial charge in [0.1, 0.15) is 5.82 Å². The molecule has 2 heterocycles. The fourth-order valence-corrected chi connectivity index (χ4v) is 2.79. The predicted molar refractivity (Wildman–Crippen MR) is 85.6 cm³/mol. The summed E-state index contributed by atoms with van der Waals surface area (Å²) in [5.41, 5.74) is 2.20. The van der Waals surface area contributed by atoms with Crippen LogP contribution in [0.1, 0.15) is 18.2 Å². The molecular formula is C17H21N3O2. The van der Waals surface area contributed by atoms with Gasteiger partial charge < -0.3 is 14.8 Å². The van der Waals surface area contributed by atoms with Gasteiger partial charge in [-0.3, -0.25) is 0 Å². The lowest BCUT2D eigenvalue weighted by molar-refractivity contribution is 0.210. The fourth-order valence-electron chi connectivity index (χ4n) is 2.79. The number of nitrogens with zero attached hydrogens (tertiary/aromatic N) is 2. The lowest BCUT2D eigenvalue weighted by Crippen LogP contribution is -2.23. The van der Waals surface area contributed by atoms with Crippen LogP contribution in [0.3, 0.4) is 0 Å². The molecule has 1 aromatic carbocycles. The molecule has 0 spiro atoms. The van der Waals surface area contributed by atoms with E-state index in [0.29, 0.717) is 12.5 Å². The van der Waals surface area contributed by atoms with E-state index in [2.05, 4.69) is 21.6 Å². The van der Waals surface area contributed by atoms with Crippen molar-refractivity contribution in [2.24, 2.45) is 5.92 Å². The molecular weight excluding hydrogens is 278 g/mol. The molecule has 22 heavy (non-hydrogen) atoms. The monoisotopic (exact) mass is 299 g/mol. The third kappa shape index (κ3) is 3.13. The van der Waals surface area contributed by atoms with Crippen LogP contribution in [0.25, 0.3) is 0 Å². The summed E-state index contributed by atoms with van der Waals surface area (Å²) in [6.45, 7) is 3.58. The van der Waals surface area contributed by atoms with Crippen LogP contribution in [0.2, 0.25) is 0 Å². The normalized spacial score (nSPS) is 16.5. The van der Waals surface area contributed by atoms with E-state index in [9.17, 15) is 0 Å². The quantitative estimate of drug-likeness (QED) is 0.920. The Balaban J connectivity index is 1.67. The topological polar surface area (TPSA) is 56.3 Å². The maximum Gasteiger partial charge on any atom is 0.164 e. The van der Waals surface area contributed by atoms with Gasteiger partial charge in [0.05, 0.1) is 19.4 Å². The second-order valence-corrected chi connectivity index (χ2v) is 5.47. The van der Waals surface area contributed by atoms with Gasteiger partial charge in [-0.1, -0.05) is 12.1 Å². The third-order valence-electron chi connectivity index (χ3n) is 3.83. The number of methoxy groups -OCH3 is 1. The Morgan fingerprint density at radius 3 is 2.91 bits per heavy atom. The van der Waals surface area contributed by atoms with Crippen molar-refractivity contribution in [2.45, 2.75) is 19.8 Å². The zero-order chi connectivity index (χ0) is 15.4. The van der Waals surface area contributed by atoms with Gasteiger partial charge in [-0.2, -0.15) is 5.10 Å². The van der Waals surface area contributed by atoms with Gasteiger partial charge >= 0.3 is 0 Å². The highest BCUT2D eigenvalue weighted by molar-refractivity contribution is 5.47. The average Bonchev–Trinajstić information content (AvgIpc) is 2.56. The van der Waals surface area contributed by atoms with Gasteiger partial charge in [0.15, 0.2) is 11.5 Å². The maximum absolute atomic E-state index is 5.91. The molecule has 1 aliphatic rings. The molecule has 1 atom stereocenters. The molecule has 0 aliphatic carbocycles. The van der Waals surface area contributed by atoms with Crippen molar-refractivity contribution in [2.75, 3.05) is 25.6 Å². The van der Waals surface area contributed by atoms with Crippen LogP contribution in [0.4, 0.5) is 5.82 Å². The first-order valence-electron chi connectivity index (χ1n) is 7.65. The van der Waals surface area contributed by atoms with Crippen molar-refractivity contribution in [1.29, 1.82) is 0 Å². The SMILES string of the molecule is CCNc1ccc(C[C@@H]2COc3c(cccc3OC)C2)nn1. The molecule has 0 saturated heterocycles. The first-order valence-corrected chi connectivity index (χ1v) is 7.65. The second kappa shape index (κ2) is 6.64. The molecule has 0 unspecified atom stereocenters. The van der Waals surface area contributed by atoms with Crippen LogP contribution in [0.15, 0.2) is 30.3 Å². The van der Waals surface area contributed by atoms with E-state index in [4.69, 9.17) is 9.47 Å². The number of hydrogen-bond acceptors (Lipinski definition) is 5. The van der Waals surface area contributed by atoms with Gasteiger partial charge in [-0.15, -0.1) is 5.10 Å². The first kappa shape index (κ1) is 14.6. The van der Waals surface area contributed by atoms with Crippen LogP contribution in [0, 0.1) is 5.92 Å². The summed E-state index contributed by atoms with van der Waals surface area (Å²) in [4.78, 5) is 0. The number of benzene rings is 1. The number of anilines is 1. The summed E-state index contributed by atoms with van der Waals surface area (Å²) >= 11 is 0. The molecule has 1 N–H and O–H groups in total. The molecule has 0 saturated carbocycles. The van der Waals surface area contributed by atoms with Gasteiger partial charge in [-0.25, -0.2) is 0 Å². The highest BCUT2D eigenvalue weighted by Crippen LogP contribution is 2.36. The van der Waals surface area contributed by atoms with Crippen molar-refractivity contribution < 1.29 is 9.47 Å². The molecule has 1 aromatic heterocycles. The van der Waals surface area contributed by atoms with Gasteiger partial charge in [0.2, 0.25) is 0 Å². The summed E-state index contributed by atoms with van der Waals surface area (Å²) in [6.07, 6.45) is 1.85. The molecule has 2 aromatic rings. The summed E-state index contributed by atoms with van der Waals surface area (Å²) < 4.78 is 11.3. The van der Waals surface area contributed by atoms with E-state index in [1.54, 1.807) is 7.11 Å². The van der Waals surface area contributed by atoms with Gasteiger partial charge in [0.25, 0.3) is 0 Å². The van der Waals surface area contributed by atoms with Gasteiger partial charge in [0, 0.05) is 12.5 Å². The van der Waals surface area contributed by atoms with E-state index in [1.807, 2.05) is 31.2 Å². The summed E-state index contributed by atoms with van der Waals surface area (Å²) in [7, 11) is 1.67. The maximum atomic E-state index is 5.91. The Kier molecular flexibility index (Phi) is 4.42. The van der Waals surface area contributed by atoms with Crippen LogP contribution in [-0.2, 0) is 12.8 Å². The highest BCUT2D eigenvalue weighted by atomic mass is 16.5. The fraction of sp³-hybridized carbons (Fsp3) is 0.412. The van der Waals surface area contributed by atoms with Gasteiger partial charge in [-0.05, 0) is 43.5 Å².